The predicted octanol–water partition coefficient (Wildman–Crippen LogP) is 13.7. The highest BCUT2D eigenvalue weighted by molar-refractivity contribution is 6.14. The van der Waals surface area contributed by atoms with E-state index in [1.165, 1.54) is 44.1 Å². The monoisotopic (exact) mass is 717 g/mol. The van der Waals surface area contributed by atoms with Crippen LogP contribution in [0.5, 0.6) is 0 Å². The summed E-state index contributed by atoms with van der Waals surface area (Å²) in [7, 11) is 0. The van der Waals surface area contributed by atoms with Gasteiger partial charge in [0.15, 0.2) is 0 Å². The minimum atomic E-state index is -0.0878. The third kappa shape index (κ3) is 4.32. The number of fused-ring (bicyclic) bond motifs is 10. The first-order valence-corrected chi connectivity index (χ1v) is 19.3. The number of rotatable bonds is 4. The topological polar surface area (TPSA) is 35.9 Å². The third-order valence-corrected chi connectivity index (χ3v) is 12.1. The lowest BCUT2D eigenvalue weighted by Gasteiger charge is -2.21. The molecule has 264 valence electrons. The van der Waals surface area contributed by atoms with Crippen LogP contribution in [0.25, 0.3) is 99.8 Å². The number of para-hydroxylation sites is 4. The first-order valence-electron chi connectivity index (χ1n) is 19.3. The highest BCUT2D eigenvalue weighted by atomic mass is 16.3. The van der Waals surface area contributed by atoms with E-state index in [1.54, 1.807) is 0 Å². The maximum absolute atomic E-state index is 6.69. The van der Waals surface area contributed by atoms with Crippen LogP contribution in [0.4, 0.5) is 0 Å². The lowest BCUT2D eigenvalue weighted by atomic mass is 9.82. The standard InChI is InChI=1S/C52H35N3O/c1-52(2)42-18-8-6-15-37(42)40-30-41-38-16-7-10-20-45(38)54(47(41)31-43(40)52)35-27-28-39-49(29-35)56-48-22-12-17-36(50(39)48)32-23-25-33(26-24-32)51-53-44-19-9-11-21-46(44)55(51)34-13-4-3-5-14-34/h3-31H,1-2H3. The molecule has 0 atom stereocenters. The number of aromatic nitrogens is 3. The van der Waals surface area contributed by atoms with Gasteiger partial charge in [-0.2, -0.15) is 0 Å². The Hall–Kier alpha value is -7.17. The number of hydrogen-bond donors (Lipinski definition) is 0. The van der Waals surface area contributed by atoms with Crippen molar-refractivity contribution in [3.63, 3.8) is 0 Å². The summed E-state index contributed by atoms with van der Waals surface area (Å²) in [5, 5.41) is 4.74. The number of benzene rings is 8. The van der Waals surface area contributed by atoms with Gasteiger partial charge in [-0.3, -0.25) is 4.57 Å². The summed E-state index contributed by atoms with van der Waals surface area (Å²) < 4.78 is 11.4. The first kappa shape index (κ1) is 31.2. The Bertz CT molecular complexity index is 3380. The third-order valence-electron chi connectivity index (χ3n) is 12.1. The fourth-order valence-electron chi connectivity index (χ4n) is 9.49. The molecule has 0 saturated heterocycles. The van der Waals surface area contributed by atoms with E-state index in [0.717, 1.165) is 66.9 Å². The zero-order valence-electron chi connectivity index (χ0n) is 31.0. The van der Waals surface area contributed by atoms with Gasteiger partial charge in [-0.15, -0.1) is 0 Å². The van der Waals surface area contributed by atoms with Crippen molar-refractivity contribution in [1.82, 2.24) is 14.1 Å². The Kier molecular flexibility index (Phi) is 6.37. The Morgan fingerprint density at radius 1 is 0.446 bits per heavy atom. The number of furan rings is 1. The van der Waals surface area contributed by atoms with Crippen LogP contribution in [0.15, 0.2) is 180 Å². The molecular weight excluding hydrogens is 683 g/mol. The summed E-state index contributed by atoms with van der Waals surface area (Å²) in [4.78, 5) is 5.09. The first-order chi connectivity index (χ1) is 27.5. The molecule has 0 aliphatic heterocycles. The molecule has 8 aromatic carbocycles. The molecule has 4 heteroatoms. The molecule has 56 heavy (non-hydrogen) atoms. The second kappa shape index (κ2) is 11.4. The van der Waals surface area contributed by atoms with Crippen LogP contribution in [0, 0.1) is 0 Å². The molecule has 1 aliphatic carbocycles. The van der Waals surface area contributed by atoms with Crippen LogP contribution in [-0.2, 0) is 5.41 Å². The minimum Gasteiger partial charge on any atom is -0.456 e. The van der Waals surface area contributed by atoms with Gasteiger partial charge in [0.1, 0.15) is 17.0 Å². The molecule has 1 aliphatic rings. The molecule has 0 bridgehead atoms. The minimum absolute atomic E-state index is 0.0878. The highest BCUT2D eigenvalue weighted by Crippen LogP contribution is 2.51. The predicted molar refractivity (Wildman–Crippen MR) is 231 cm³/mol. The molecule has 0 N–H and O–H groups in total. The van der Waals surface area contributed by atoms with Crippen LogP contribution in [0.1, 0.15) is 25.0 Å². The van der Waals surface area contributed by atoms with Crippen molar-refractivity contribution in [2.24, 2.45) is 0 Å². The molecule has 3 heterocycles. The van der Waals surface area contributed by atoms with Gasteiger partial charge in [-0.1, -0.05) is 123 Å². The van der Waals surface area contributed by atoms with Gasteiger partial charge in [-0.05, 0) is 94.0 Å². The molecule has 0 saturated carbocycles. The SMILES string of the molecule is CC1(C)c2ccccc2-c2cc3c4ccccc4n(-c4ccc5c(c4)oc4cccc(-c6ccc(-c7nc8ccccc8n7-c7ccccc7)cc6)c45)c3cc21. The molecule has 3 aromatic heterocycles. The molecular formula is C52H35N3O. The molecule has 11 aromatic rings. The van der Waals surface area contributed by atoms with Gasteiger partial charge in [0.05, 0.1) is 22.1 Å². The van der Waals surface area contributed by atoms with Gasteiger partial charge < -0.3 is 8.98 Å². The van der Waals surface area contributed by atoms with Crippen molar-refractivity contribution in [2.75, 3.05) is 0 Å². The molecule has 0 radical (unpaired) electrons. The van der Waals surface area contributed by atoms with Crippen molar-refractivity contribution in [3.05, 3.63) is 187 Å². The van der Waals surface area contributed by atoms with E-state index in [9.17, 15) is 0 Å². The second-order valence-corrected chi connectivity index (χ2v) is 15.6. The van der Waals surface area contributed by atoms with Gasteiger partial charge >= 0.3 is 0 Å². The fourth-order valence-corrected chi connectivity index (χ4v) is 9.49. The smallest absolute Gasteiger partial charge is 0.145 e. The summed E-state index contributed by atoms with van der Waals surface area (Å²) in [5.74, 6) is 0.923. The summed E-state index contributed by atoms with van der Waals surface area (Å²) >= 11 is 0. The maximum atomic E-state index is 6.69. The average Bonchev–Trinajstić information content (AvgIpc) is 3.97. The molecule has 0 amide bonds. The normalized spacial score (nSPS) is 13.3. The summed E-state index contributed by atoms with van der Waals surface area (Å²) in [6.45, 7) is 4.70. The Morgan fingerprint density at radius 3 is 2.05 bits per heavy atom. The molecule has 0 spiro atoms. The van der Waals surface area contributed by atoms with Crippen molar-refractivity contribution in [3.8, 4) is 45.0 Å². The quantitative estimate of drug-likeness (QED) is 0.182. The Labute approximate surface area is 323 Å². The maximum Gasteiger partial charge on any atom is 0.145 e. The van der Waals surface area contributed by atoms with Crippen LogP contribution in [0.2, 0.25) is 0 Å². The molecule has 4 nitrogen and oxygen atoms in total. The lowest BCUT2D eigenvalue weighted by Crippen LogP contribution is -2.14. The lowest BCUT2D eigenvalue weighted by molar-refractivity contribution is 0.661. The number of hydrogen-bond acceptors (Lipinski definition) is 2. The van der Waals surface area contributed by atoms with E-state index < -0.39 is 0 Å². The Balaban J connectivity index is 0.987. The zero-order chi connectivity index (χ0) is 37.1. The van der Waals surface area contributed by atoms with E-state index >= 15 is 0 Å². The van der Waals surface area contributed by atoms with Crippen LogP contribution >= 0.6 is 0 Å². The molecule has 0 unspecified atom stereocenters. The van der Waals surface area contributed by atoms with Gasteiger partial charge in [0, 0.05) is 50.0 Å². The van der Waals surface area contributed by atoms with Gasteiger partial charge in [0.25, 0.3) is 0 Å². The molecule has 0 fully saturated rings. The van der Waals surface area contributed by atoms with Crippen LogP contribution in [-0.4, -0.2) is 14.1 Å². The van der Waals surface area contributed by atoms with E-state index in [1.807, 2.05) is 12.1 Å². The van der Waals surface area contributed by atoms with Crippen molar-refractivity contribution in [1.29, 1.82) is 0 Å². The van der Waals surface area contributed by atoms with Crippen LogP contribution < -0.4 is 0 Å². The largest absolute Gasteiger partial charge is 0.456 e. The second-order valence-electron chi connectivity index (χ2n) is 15.6. The fraction of sp³-hybridized carbons (Fsp3) is 0.0577. The number of nitrogens with zero attached hydrogens (tertiary/aromatic N) is 3. The van der Waals surface area contributed by atoms with Crippen LogP contribution in [0.3, 0.4) is 0 Å². The average molecular weight is 718 g/mol. The van der Waals surface area contributed by atoms with Gasteiger partial charge in [0.2, 0.25) is 0 Å². The van der Waals surface area contributed by atoms with Crippen molar-refractivity contribution in [2.45, 2.75) is 19.3 Å². The molecule has 12 rings (SSSR count). The van der Waals surface area contributed by atoms with E-state index in [0.29, 0.717) is 0 Å². The summed E-state index contributed by atoms with van der Waals surface area (Å²) in [6.07, 6.45) is 0. The number of imidazole rings is 1. The summed E-state index contributed by atoms with van der Waals surface area (Å²) in [6, 6.07) is 63.2. The van der Waals surface area contributed by atoms with E-state index in [2.05, 4.69) is 187 Å². The van der Waals surface area contributed by atoms with Crippen molar-refractivity contribution < 1.29 is 4.42 Å². The highest BCUT2D eigenvalue weighted by Gasteiger charge is 2.36. The van der Waals surface area contributed by atoms with Crippen molar-refractivity contribution >= 4 is 54.8 Å². The van der Waals surface area contributed by atoms with E-state index in [4.69, 9.17) is 9.40 Å². The van der Waals surface area contributed by atoms with E-state index in [-0.39, 0.29) is 5.41 Å². The Morgan fingerprint density at radius 2 is 1.18 bits per heavy atom. The van der Waals surface area contributed by atoms with Gasteiger partial charge in [-0.25, -0.2) is 4.98 Å². The zero-order valence-corrected chi connectivity index (χ0v) is 31.0. The summed E-state index contributed by atoms with van der Waals surface area (Å²) in [5.41, 5.74) is 17.1.